The third kappa shape index (κ3) is 6.91. The molecule has 0 aliphatic carbocycles. The molecule has 4 atom stereocenters. The van der Waals surface area contributed by atoms with Gasteiger partial charge >= 0.3 is 0 Å². The normalized spacial score (nSPS) is 19.8. The molecule has 0 heteroatoms. The van der Waals surface area contributed by atoms with Gasteiger partial charge in [0.05, 0.1) is 0 Å². The smallest absolute Gasteiger partial charge is 0.0231 e. The van der Waals surface area contributed by atoms with Gasteiger partial charge in [-0.15, -0.1) is 0 Å². The van der Waals surface area contributed by atoms with E-state index in [-0.39, 0.29) is 0 Å². The molecular weight excluding hydrogens is 204 g/mol. The van der Waals surface area contributed by atoms with Crippen molar-refractivity contribution in [1.29, 1.82) is 0 Å². The van der Waals surface area contributed by atoms with Gasteiger partial charge < -0.3 is 0 Å². The lowest BCUT2D eigenvalue weighted by Gasteiger charge is -2.23. The van der Waals surface area contributed by atoms with Crippen molar-refractivity contribution in [2.24, 2.45) is 23.7 Å². The Kier molecular flexibility index (Phi) is 8.64. The van der Waals surface area contributed by atoms with E-state index >= 15 is 0 Å². The molecule has 0 rings (SSSR count). The number of hydrogen-bond acceptors (Lipinski definition) is 0. The zero-order valence-electron chi connectivity index (χ0n) is 13.2. The van der Waals surface area contributed by atoms with Crippen LogP contribution in [0.3, 0.4) is 0 Å². The molecule has 0 aromatic rings. The molecule has 0 aliphatic heterocycles. The predicted molar refractivity (Wildman–Crippen MR) is 80.2 cm³/mol. The minimum Gasteiger partial charge on any atom is -0.0825 e. The maximum absolute atomic E-state index is 2.51. The summed E-state index contributed by atoms with van der Waals surface area (Å²) in [6.45, 7) is 16.4. The van der Waals surface area contributed by atoms with Gasteiger partial charge in [-0.3, -0.25) is 0 Å². The second-order valence-corrected chi connectivity index (χ2v) is 6.17. The fourth-order valence-electron chi connectivity index (χ4n) is 2.25. The molecule has 0 bridgehead atoms. The Morgan fingerprint density at radius 2 is 1.59 bits per heavy atom. The van der Waals surface area contributed by atoms with Crippen LogP contribution in [-0.2, 0) is 0 Å². The topological polar surface area (TPSA) is 0 Å². The highest BCUT2D eigenvalue weighted by molar-refractivity contribution is 5.01. The fourth-order valence-corrected chi connectivity index (χ4v) is 2.25. The van der Waals surface area contributed by atoms with E-state index in [1.807, 2.05) is 0 Å². The monoisotopic (exact) mass is 238 g/mol. The summed E-state index contributed by atoms with van der Waals surface area (Å²) in [4.78, 5) is 0. The van der Waals surface area contributed by atoms with Gasteiger partial charge in [0, 0.05) is 0 Å². The summed E-state index contributed by atoms with van der Waals surface area (Å²) in [5.41, 5.74) is 1.59. The molecule has 0 spiro atoms. The first-order valence-corrected chi connectivity index (χ1v) is 7.59. The zero-order chi connectivity index (χ0) is 13.4. The third-order valence-electron chi connectivity index (χ3n) is 4.65. The van der Waals surface area contributed by atoms with Crippen LogP contribution in [0.5, 0.6) is 0 Å². The Hall–Kier alpha value is -0.260. The summed E-state index contributed by atoms with van der Waals surface area (Å²) in [6.07, 6.45) is 7.76. The SMILES string of the molecule is CCC(C)CCC(C)=CC(C)C(C)C(C)CC. The molecule has 0 aromatic carbocycles. The summed E-state index contributed by atoms with van der Waals surface area (Å²) >= 11 is 0. The van der Waals surface area contributed by atoms with Crippen molar-refractivity contribution in [1.82, 2.24) is 0 Å². The number of rotatable bonds is 8. The van der Waals surface area contributed by atoms with Crippen LogP contribution >= 0.6 is 0 Å². The molecule has 0 aromatic heterocycles. The van der Waals surface area contributed by atoms with E-state index in [0.717, 1.165) is 23.7 Å². The summed E-state index contributed by atoms with van der Waals surface area (Å²) in [6, 6.07) is 0. The Morgan fingerprint density at radius 3 is 2.06 bits per heavy atom. The van der Waals surface area contributed by atoms with Crippen molar-refractivity contribution in [3.8, 4) is 0 Å². The van der Waals surface area contributed by atoms with Gasteiger partial charge in [-0.25, -0.2) is 0 Å². The molecule has 0 fully saturated rings. The Balaban J connectivity index is 4.18. The molecule has 0 heterocycles. The van der Waals surface area contributed by atoms with E-state index in [0.29, 0.717) is 0 Å². The highest BCUT2D eigenvalue weighted by Gasteiger charge is 2.15. The van der Waals surface area contributed by atoms with Crippen molar-refractivity contribution in [3.63, 3.8) is 0 Å². The summed E-state index contributed by atoms with van der Waals surface area (Å²) < 4.78 is 0. The number of hydrogen-bond donors (Lipinski definition) is 0. The van der Waals surface area contributed by atoms with E-state index < -0.39 is 0 Å². The maximum atomic E-state index is 2.51. The van der Waals surface area contributed by atoms with E-state index in [1.165, 1.54) is 25.7 Å². The van der Waals surface area contributed by atoms with Crippen molar-refractivity contribution >= 4 is 0 Å². The molecule has 4 unspecified atom stereocenters. The van der Waals surface area contributed by atoms with Crippen LogP contribution in [0.4, 0.5) is 0 Å². The molecule has 0 amide bonds. The highest BCUT2D eigenvalue weighted by Crippen LogP contribution is 2.26. The maximum Gasteiger partial charge on any atom is -0.0231 e. The molecule has 0 radical (unpaired) electrons. The van der Waals surface area contributed by atoms with Crippen molar-refractivity contribution in [3.05, 3.63) is 11.6 Å². The first-order valence-electron chi connectivity index (χ1n) is 7.59. The Morgan fingerprint density at radius 1 is 1.00 bits per heavy atom. The standard InChI is InChI=1S/C17H34/c1-8-13(3)10-11-14(4)12-16(6)17(7)15(5)9-2/h12-13,15-17H,8-11H2,1-7H3. The minimum atomic E-state index is 0.724. The Labute approximate surface area is 110 Å². The van der Waals surface area contributed by atoms with Gasteiger partial charge in [-0.05, 0) is 43.4 Å². The Bertz CT molecular complexity index is 214. The molecule has 102 valence electrons. The van der Waals surface area contributed by atoms with Crippen molar-refractivity contribution in [2.45, 2.75) is 74.1 Å². The van der Waals surface area contributed by atoms with Crippen LogP contribution in [0.2, 0.25) is 0 Å². The quantitative estimate of drug-likeness (QED) is 0.450. The van der Waals surface area contributed by atoms with Crippen molar-refractivity contribution in [2.75, 3.05) is 0 Å². The first-order chi connectivity index (χ1) is 7.92. The van der Waals surface area contributed by atoms with Crippen molar-refractivity contribution < 1.29 is 0 Å². The lowest BCUT2D eigenvalue weighted by Crippen LogP contribution is -2.14. The van der Waals surface area contributed by atoms with E-state index in [2.05, 4.69) is 54.5 Å². The van der Waals surface area contributed by atoms with Crippen LogP contribution in [-0.4, -0.2) is 0 Å². The average molecular weight is 238 g/mol. The van der Waals surface area contributed by atoms with Gasteiger partial charge in [-0.2, -0.15) is 0 Å². The van der Waals surface area contributed by atoms with Crippen LogP contribution in [0.15, 0.2) is 11.6 Å². The molecule has 0 N–H and O–H groups in total. The predicted octanol–water partition coefficient (Wildman–Crippen LogP) is 6.08. The summed E-state index contributed by atoms with van der Waals surface area (Å²) in [5.74, 6) is 3.24. The van der Waals surface area contributed by atoms with Crippen LogP contribution in [0.25, 0.3) is 0 Å². The van der Waals surface area contributed by atoms with Gasteiger partial charge in [-0.1, -0.05) is 66.0 Å². The second kappa shape index (κ2) is 8.78. The van der Waals surface area contributed by atoms with Crippen LogP contribution in [0, 0.1) is 23.7 Å². The lowest BCUT2D eigenvalue weighted by atomic mass is 9.82. The van der Waals surface area contributed by atoms with Crippen LogP contribution < -0.4 is 0 Å². The summed E-state index contributed by atoms with van der Waals surface area (Å²) in [7, 11) is 0. The summed E-state index contributed by atoms with van der Waals surface area (Å²) in [5, 5.41) is 0. The molecule has 17 heavy (non-hydrogen) atoms. The first kappa shape index (κ1) is 16.7. The fraction of sp³-hybridized carbons (Fsp3) is 0.882. The van der Waals surface area contributed by atoms with E-state index in [9.17, 15) is 0 Å². The third-order valence-corrected chi connectivity index (χ3v) is 4.65. The molecule has 0 saturated heterocycles. The second-order valence-electron chi connectivity index (χ2n) is 6.17. The minimum absolute atomic E-state index is 0.724. The van der Waals surface area contributed by atoms with Gasteiger partial charge in [0.2, 0.25) is 0 Å². The zero-order valence-corrected chi connectivity index (χ0v) is 13.2. The van der Waals surface area contributed by atoms with Crippen LogP contribution in [0.1, 0.15) is 74.1 Å². The van der Waals surface area contributed by atoms with Gasteiger partial charge in [0.15, 0.2) is 0 Å². The molecule has 0 saturated carbocycles. The lowest BCUT2D eigenvalue weighted by molar-refractivity contribution is 0.311. The molecule has 0 aliphatic rings. The van der Waals surface area contributed by atoms with Gasteiger partial charge in [0.25, 0.3) is 0 Å². The molecule has 0 nitrogen and oxygen atoms in total. The van der Waals surface area contributed by atoms with E-state index in [1.54, 1.807) is 5.57 Å². The largest absolute Gasteiger partial charge is 0.0825 e. The van der Waals surface area contributed by atoms with E-state index in [4.69, 9.17) is 0 Å². The average Bonchev–Trinajstić information content (AvgIpc) is 2.33. The van der Waals surface area contributed by atoms with Gasteiger partial charge in [0.1, 0.15) is 0 Å². The molecular formula is C17H34. The highest BCUT2D eigenvalue weighted by atomic mass is 14.2. The number of allylic oxidation sites excluding steroid dienone is 2.